The maximum Gasteiger partial charge on any atom is 0.159 e. The SMILES string of the molecule is CNC1CCCCc2nc(-c3cccc(OC)c3)ncc21. The highest BCUT2D eigenvalue weighted by Crippen LogP contribution is 2.29. The van der Waals surface area contributed by atoms with Gasteiger partial charge in [-0.25, -0.2) is 9.97 Å². The van der Waals surface area contributed by atoms with Crippen molar-refractivity contribution in [2.45, 2.75) is 31.7 Å². The number of ether oxygens (including phenoxy) is 1. The van der Waals surface area contributed by atoms with E-state index in [4.69, 9.17) is 9.72 Å². The van der Waals surface area contributed by atoms with Gasteiger partial charge in [0, 0.05) is 29.1 Å². The lowest BCUT2D eigenvalue weighted by Gasteiger charge is -2.16. The predicted octanol–water partition coefficient (Wildman–Crippen LogP) is 3.14. The van der Waals surface area contributed by atoms with Crippen LogP contribution in [0.2, 0.25) is 0 Å². The first kappa shape index (κ1) is 14.0. The monoisotopic (exact) mass is 283 g/mol. The largest absolute Gasteiger partial charge is 0.497 e. The van der Waals surface area contributed by atoms with Gasteiger partial charge in [0.25, 0.3) is 0 Å². The fourth-order valence-corrected chi connectivity index (χ4v) is 2.92. The van der Waals surface area contributed by atoms with Gasteiger partial charge >= 0.3 is 0 Å². The Morgan fingerprint density at radius 1 is 1.29 bits per heavy atom. The van der Waals surface area contributed by atoms with E-state index in [1.54, 1.807) is 7.11 Å². The molecule has 1 heterocycles. The van der Waals surface area contributed by atoms with Crippen molar-refractivity contribution in [2.75, 3.05) is 14.2 Å². The Bertz CT molecular complexity index is 627. The molecular weight excluding hydrogens is 262 g/mol. The summed E-state index contributed by atoms with van der Waals surface area (Å²) in [5.41, 5.74) is 3.43. The fourth-order valence-electron chi connectivity index (χ4n) is 2.92. The standard InChI is InChI=1S/C17H21N3O/c1-18-15-8-3-4-9-16-14(15)11-19-17(20-16)12-6-5-7-13(10-12)21-2/h5-7,10-11,15,18H,3-4,8-9H2,1-2H3. The van der Waals surface area contributed by atoms with Gasteiger partial charge in [-0.3, -0.25) is 0 Å². The molecule has 3 rings (SSSR count). The number of aromatic nitrogens is 2. The van der Waals surface area contributed by atoms with Gasteiger partial charge in [-0.2, -0.15) is 0 Å². The predicted molar refractivity (Wildman–Crippen MR) is 83.4 cm³/mol. The third-order valence-electron chi connectivity index (χ3n) is 4.11. The van der Waals surface area contributed by atoms with Crippen LogP contribution in [-0.4, -0.2) is 24.1 Å². The summed E-state index contributed by atoms with van der Waals surface area (Å²) >= 11 is 0. The summed E-state index contributed by atoms with van der Waals surface area (Å²) in [5.74, 6) is 1.61. The number of rotatable bonds is 3. The lowest BCUT2D eigenvalue weighted by Crippen LogP contribution is -2.17. The average Bonchev–Trinajstić information content (AvgIpc) is 2.76. The van der Waals surface area contributed by atoms with E-state index in [9.17, 15) is 0 Å². The van der Waals surface area contributed by atoms with Gasteiger partial charge in [-0.1, -0.05) is 18.6 Å². The minimum atomic E-state index is 0.377. The molecule has 4 nitrogen and oxygen atoms in total. The fraction of sp³-hybridized carbons (Fsp3) is 0.412. The van der Waals surface area contributed by atoms with Crippen LogP contribution in [0.4, 0.5) is 0 Å². The first-order valence-electron chi connectivity index (χ1n) is 7.49. The number of aryl methyl sites for hydroxylation is 1. The summed E-state index contributed by atoms with van der Waals surface area (Å²) in [7, 11) is 3.68. The van der Waals surface area contributed by atoms with Gasteiger partial charge in [-0.15, -0.1) is 0 Å². The molecule has 4 heteroatoms. The lowest BCUT2D eigenvalue weighted by molar-refractivity contribution is 0.415. The minimum Gasteiger partial charge on any atom is -0.497 e. The lowest BCUT2D eigenvalue weighted by atomic mass is 10.0. The van der Waals surface area contributed by atoms with E-state index in [0.29, 0.717) is 6.04 Å². The number of benzene rings is 1. The smallest absolute Gasteiger partial charge is 0.159 e. The molecule has 0 fully saturated rings. The summed E-state index contributed by atoms with van der Waals surface area (Å²) in [5, 5.41) is 3.38. The first-order valence-corrected chi connectivity index (χ1v) is 7.49. The molecule has 1 aliphatic carbocycles. The molecule has 21 heavy (non-hydrogen) atoms. The Hall–Kier alpha value is -1.94. The van der Waals surface area contributed by atoms with Gasteiger partial charge in [0.05, 0.1) is 7.11 Å². The Morgan fingerprint density at radius 2 is 2.19 bits per heavy atom. The molecule has 1 aliphatic rings. The molecule has 0 saturated heterocycles. The molecule has 0 spiro atoms. The van der Waals surface area contributed by atoms with Crippen LogP contribution in [0.5, 0.6) is 5.75 Å². The molecule has 1 N–H and O–H groups in total. The van der Waals surface area contributed by atoms with Gasteiger partial charge in [0.1, 0.15) is 5.75 Å². The normalized spacial score (nSPS) is 17.9. The van der Waals surface area contributed by atoms with Crippen molar-refractivity contribution in [3.05, 3.63) is 41.7 Å². The summed E-state index contributed by atoms with van der Waals surface area (Å²) in [6, 6.07) is 8.29. The number of nitrogens with zero attached hydrogens (tertiary/aromatic N) is 2. The third kappa shape index (κ3) is 2.90. The molecule has 1 atom stereocenters. The van der Waals surface area contributed by atoms with Crippen LogP contribution in [0.3, 0.4) is 0 Å². The molecule has 110 valence electrons. The Balaban J connectivity index is 2.00. The summed E-state index contributed by atoms with van der Waals surface area (Å²) < 4.78 is 5.28. The summed E-state index contributed by atoms with van der Waals surface area (Å²) in [6.45, 7) is 0. The highest BCUT2D eigenvalue weighted by Gasteiger charge is 2.19. The van der Waals surface area contributed by atoms with Crippen LogP contribution < -0.4 is 10.1 Å². The van der Waals surface area contributed by atoms with E-state index in [0.717, 1.165) is 30.0 Å². The zero-order valence-corrected chi connectivity index (χ0v) is 12.6. The molecule has 2 aromatic rings. The highest BCUT2D eigenvalue weighted by atomic mass is 16.5. The Labute approximate surface area is 125 Å². The van der Waals surface area contributed by atoms with Crippen molar-refractivity contribution in [3.63, 3.8) is 0 Å². The molecule has 0 aliphatic heterocycles. The van der Waals surface area contributed by atoms with Crippen molar-refractivity contribution >= 4 is 0 Å². The van der Waals surface area contributed by atoms with E-state index in [-0.39, 0.29) is 0 Å². The topological polar surface area (TPSA) is 47.0 Å². The second-order valence-corrected chi connectivity index (χ2v) is 5.41. The van der Waals surface area contributed by atoms with E-state index in [1.165, 1.54) is 24.1 Å². The summed E-state index contributed by atoms with van der Waals surface area (Å²) in [4.78, 5) is 9.38. The van der Waals surface area contributed by atoms with Crippen molar-refractivity contribution in [2.24, 2.45) is 0 Å². The van der Waals surface area contributed by atoms with E-state index in [1.807, 2.05) is 37.5 Å². The van der Waals surface area contributed by atoms with Crippen LogP contribution in [0.15, 0.2) is 30.5 Å². The van der Waals surface area contributed by atoms with Crippen LogP contribution in [-0.2, 0) is 6.42 Å². The van der Waals surface area contributed by atoms with E-state index < -0.39 is 0 Å². The third-order valence-corrected chi connectivity index (χ3v) is 4.11. The van der Waals surface area contributed by atoms with Crippen molar-refractivity contribution in [1.29, 1.82) is 0 Å². The average molecular weight is 283 g/mol. The molecular formula is C17H21N3O. The molecule has 0 amide bonds. The van der Waals surface area contributed by atoms with Gasteiger partial charge in [0.2, 0.25) is 0 Å². The van der Waals surface area contributed by atoms with Crippen LogP contribution in [0, 0.1) is 0 Å². The van der Waals surface area contributed by atoms with Crippen molar-refractivity contribution in [1.82, 2.24) is 15.3 Å². The number of nitrogens with one attached hydrogen (secondary N) is 1. The molecule has 0 saturated carbocycles. The van der Waals surface area contributed by atoms with E-state index >= 15 is 0 Å². The quantitative estimate of drug-likeness (QED) is 0.879. The maximum absolute atomic E-state index is 5.28. The molecule has 0 bridgehead atoms. The minimum absolute atomic E-state index is 0.377. The van der Waals surface area contributed by atoms with Crippen LogP contribution >= 0.6 is 0 Å². The number of fused-ring (bicyclic) bond motifs is 1. The zero-order valence-electron chi connectivity index (χ0n) is 12.6. The van der Waals surface area contributed by atoms with Gasteiger partial charge < -0.3 is 10.1 Å². The van der Waals surface area contributed by atoms with Crippen LogP contribution in [0.1, 0.15) is 36.6 Å². The number of methoxy groups -OCH3 is 1. The van der Waals surface area contributed by atoms with Crippen molar-refractivity contribution < 1.29 is 4.74 Å². The van der Waals surface area contributed by atoms with Crippen molar-refractivity contribution in [3.8, 4) is 17.1 Å². The second kappa shape index (κ2) is 6.22. The number of hydrogen-bond donors (Lipinski definition) is 1. The molecule has 1 aromatic heterocycles. The second-order valence-electron chi connectivity index (χ2n) is 5.41. The highest BCUT2D eigenvalue weighted by molar-refractivity contribution is 5.57. The van der Waals surface area contributed by atoms with Crippen LogP contribution in [0.25, 0.3) is 11.4 Å². The maximum atomic E-state index is 5.28. The summed E-state index contributed by atoms with van der Waals surface area (Å²) in [6.07, 6.45) is 6.61. The van der Waals surface area contributed by atoms with Gasteiger partial charge in [0.15, 0.2) is 5.82 Å². The van der Waals surface area contributed by atoms with E-state index in [2.05, 4.69) is 10.3 Å². The molecule has 1 aromatic carbocycles. The molecule has 1 unspecified atom stereocenters. The zero-order chi connectivity index (χ0) is 14.7. The Kier molecular flexibility index (Phi) is 4.15. The molecule has 0 radical (unpaired) electrons. The Morgan fingerprint density at radius 3 is 3.00 bits per heavy atom. The van der Waals surface area contributed by atoms with Gasteiger partial charge in [-0.05, 0) is 38.4 Å². The number of hydrogen-bond acceptors (Lipinski definition) is 4. The first-order chi connectivity index (χ1) is 10.3.